The molecule has 2 aliphatic rings. The number of nitrogens with one attached hydrogen (secondary N) is 1. The molecule has 0 saturated carbocycles. The van der Waals surface area contributed by atoms with Crippen LogP contribution in [0.5, 0.6) is 5.75 Å². The van der Waals surface area contributed by atoms with E-state index in [2.05, 4.69) is 24.4 Å². The molecule has 104 valence electrons. The Morgan fingerprint density at radius 2 is 1.95 bits per heavy atom. The van der Waals surface area contributed by atoms with Crippen molar-refractivity contribution in [3.63, 3.8) is 0 Å². The fraction of sp³-hybridized carbons (Fsp3) is 0.647. The van der Waals surface area contributed by atoms with Gasteiger partial charge in [0.15, 0.2) is 0 Å². The molecule has 1 aliphatic heterocycles. The van der Waals surface area contributed by atoms with Gasteiger partial charge < -0.3 is 10.1 Å². The molecular formula is C17H25NO. The third-order valence-corrected chi connectivity index (χ3v) is 4.88. The lowest BCUT2D eigenvalue weighted by molar-refractivity contribution is 0.368. The van der Waals surface area contributed by atoms with Crippen LogP contribution in [-0.4, -0.2) is 13.7 Å². The molecule has 1 atom stereocenters. The molecule has 1 aromatic carbocycles. The van der Waals surface area contributed by atoms with Gasteiger partial charge in [-0.1, -0.05) is 12.5 Å². The van der Waals surface area contributed by atoms with Crippen LogP contribution in [0.15, 0.2) is 12.1 Å². The topological polar surface area (TPSA) is 21.3 Å². The van der Waals surface area contributed by atoms with Crippen molar-refractivity contribution in [1.82, 2.24) is 5.32 Å². The van der Waals surface area contributed by atoms with Crippen molar-refractivity contribution in [3.05, 3.63) is 28.8 Å². The highest BCUT2D eigenvalue weighted by atomic mass is 16.5. The van der Waals surface area contributed by atoms with Crippen LogP contribution >= 0.6 is 0 Å². The fourth-order valence-corrected chi connectivity index (χ4v) is 3.87. The van der Waals surface area contributed by atoms with Crippen molar-refractivity contribution in [2.24, 2.45) is 0 Å². The molecule has 1 saturated heterocycles. The maximum Gasteiger partial charge on any atom is 0.124 e. The monoisotopic (exact) mass is 259 g/mol. The molecule has 3 rings (SSSR count). The average Bonchev–Trinajstić information content (AvgIpc) is 2.73. The van der Waals surface area contributed by atoms with Crippen LogP contribution in [0.1, 0.15) is 55.7 Å². The van der Waals surface area contributed by atoms with E-state index in [1.165, 1.54) is 50.5 Å². The summed E-state index contributed by atoms with van der Waals surface area (Å²) >= 11 is 0. The maximum atomic E-state index is 5.69. The average molecular weight is 259 g/mol. The summed E-state index contributed by atoms with van der Waals surface area (Å²) in [4.78, 5) is 0. The lowest BCUT2D eigenvalue weighted by Gasteiger charge is -2.30. The van der Waals surface area contributed by atoms with Crippen LogP contribution in [0.2, 0.25) is 0 Å². The molecule has 1 aliphatic carbocycles. The van der Waals surface area contributed by atoms with E-state index in [4.69, 9.17) is 4.74 Å². The van der Waals surface area contributed by atoms with E-state index in [0.29, 0.717) is 0 Å². The number of fused-ring (bicyclic) bond motifs is 1. The van der Waals surface area contributed by atoms with Gasteiger partial charge in [-0.2, -0.15) is 0 Å². The first-order valence-corrected chi connectivity index (χ1v) is 7.69. The molecule has 1 fully saturated rings. The van der Waals surface area contributed by atoms with Crippen molar-refractivity contribution < 1.29 is 4.74 Å². The molecule has 0 radical (unpaired) electrons. The Bertz CT molecular complexity index is 461. The molecule has 0 bridgehead atoms. The first-order chi connectivity index (χ1) is 9.24. The van der Waals surface area contributed by atoms with Gasteiger partial charge in [-0.3, -0.25) is 0 Å². The summed E-state index contributed by atoms with van der Waals surface area (Å²) in [6, 6.07) is 4.48. The van der Waals surface area contributed by atoms with E-state index < -0.39 is 0 Å². The zero-order valence-corrected chi connectivity index (χ0v) is 12.2. The van der Waals surface area contributed by atoms with Gasteiger partial charge in [-0.05, 0) is 69.2 Å². The van der Waals surface area contributed by atoms with Crippen LogP contribution in [0.4, 0.5) is 0 Å². The Balaban J connectivity index is 2.14. The van der Waals surface area contributed by atoms with Crippen LogP contribution in [0.3, 0.4) is 0 Å². The highest BCUT2D eigenvalue weighted by molar-refractivity contribution is 5.50. The van der Waals surface area contributed by atoms with Crippen molar-refractivity contribution in [3.8, 4) is 5.75 Å². The summed E-state index contributed by atoms with van der Waals surface area (Å²) in [6.45, 7) is 3.48. The second-order valence-electron chi connectivity index (χ2n) is 6.20. The van der Waals surface area contributed by atoms with Gasteiger partial charge in [0, 0.05) is 11.1 Å². The summed E-state index contributed by atoms with van der Waals surface area (Å²) in [5, 5.41) is 3.71. The van der Waals surface area contributed by atoms with Gasteiger partial charge in [-0.25, -0.2) is 0 Å². The molecule has 1 aromatic rings. The van der Waals surface area contributed by atoms with Crippen molar-refractivity contribution in [1.29, 1.82) is 0 Å². The third kappa shape index (κ3) is 2.27. The highest BCUT2D eigenvalue weighted by Crippen LogP contribution is 2.41. The SMILES string of the molecule is COc1ccc2c(c1C1(C)CCCN1)CCCCC2. The number of hydrogen-bond acceptors (Lipinski definition) is 2. The zero-order chi connectivity index (χ0) is 13.3. The fourth-order valence-electron chi connectivity index (χ4n) is 3.87. The molecule has 0 aromatic heterocycles. The van der Waals surface area contributed by atoms with Gasteiger partial charge in [0.05, 0.1) is 7.11 Å². The van der Waals surface area contributed by atoms with Crippen molar-refractivity contribution in [2.45, 2.75) is 57.4 Å². The van der Waals surface area contributed by atoms with Gasteiger partial charge in [0.1, 0.15) is 5.75 Å². The number of aryl methyl sites for hydroxylation is 1. The molecule has 2 heteroatoms. The summed E-state index contributed by atoms with van der Waals surface area (Å²) in [7, 11) is 1.81. The van der Waals surface area contributed by atoms with Crippen molar-refractivity contribution in [2.75, 3.05) is 13.7 Å². The van der Waals surface area contributed by atoms with Gasteiger partial charge >= 0.3 is 0 Å². The summed E-state index contributed by atoms with van der Waals surface area (Å²) in [6.07, 6.45) is 8.97. The molecule has 1 N–H and O–H groups in total. The minimum absolute atomic E-state index is 0.112. The van der Waals surface area contributed by atoms with Gasteiger partial charge in [-0.15, -0.1) is 0 Å². The van der Waals surface area contributed by atoms with Gasteiger partial charge in [0.25, 0.3) is 0 Å². The van der Waals surface area contributed by atoms with Gasteiger partial charge in [0.2, 0.25) is 0 Å². The minimum atomic E-state index is 0.112. The lowest BCUT2D eigenvalue weighted by Crippen LogP contribution is -2.35. The number of methoxy groups -OCH3 is 1. The summed E-state index contributed by atoms with van der Waals surface area (Å²) in [5.74, 6) is 1.08. The normalized spacial score (nSPS) is 26.8. The molecule has 0 spiro atoms. The molecule has 1 heterocycles. The Kier molecular flexibility index (Phi) is 3.53. The first-order valence-electron chi connectivity index (χ1n) is 7.69. The second kappa shape index (κ2) is 5.16. The lowest BCUT2D eigenvalue weighted by atomic mass is 9.82. The van der Waals surface area contributed by atoms with E-state index in [0.717, 1.165) is 12.3 Å². The highest BCUT2D eigenvalue weighted by Gasteiger charge is 2.35. The van der Waals surface area contributed by atoms with E-state index in [1.807, 2.05) is 0 Å². The summed E-state index contributed by atoms with van der Waals surface area (Å²) < 4.78 is 5.69. The second-order valence-corrected chi connectivity index (χ2v) is 6.20. The van der Waals surface area contributed by atoms with E-state index in [9.17, 15) is 0 Å². The zero-order valence-electron chi connectivity index (χ0n) is 12.2. The number of rotatable bonds is 2. The minimum Gasteiger partial charge on any atom is -0.496 e. The molecular weight excluding hydrogens is 234 g/mol. The number of ether oxygens (including phenoxy) is 1. The maximum absolute atomic E-state index is 5.69. The molecule has 1 unspecified atom stereocenters. The van der Waals surface area contributed by atoms with Crippen LogP contribution in [0.25, 0.3) is 0 Å². The third-order valence-electron chi connectivity index (χ3n) is 4.88. The summed E-state index contributed by atoms with van der Waals surface area (Å²) in [5.41, 5.74) is 4.70. The Morgan fingerprint density at radius 1 is 1.11 bits per heavy atom. The van der Waals surface area contributed by atoms with Crippen LogP contribution in [0, 0.1) is 0 Å². The predicted octanol–water partition coefficient (Wildman–Crippen LogP) is 3.56. The first kappa shape index (κ1) is 13.0. The number of benzene rings is 1. The smallest absolute Gasteiger partial charge is 0.124 e. The largest absolute Gasteiger partial charge is 0.496 e. The van der Waals surface area contributed by atoms with E-state index >= 15 is 0 Å². The quantitative estimate of drug-likeness (QED) is 0.820. The Morgan fingerprint density at radius 3 is 2.68 bits per heavy atom. The van der Waals surface area contributed by atoms with E-state index in [-0.39, 0.29) is 5.54 Å². The Labute approximate surface area is 116 Å². The van der Waals surface area contributed by atoms with Crippen LogP contribution in [-0.2, 0) is 18.4 Å². The molecule has 19 heavy (non-hydrogen) atoms. The van der Waals surface area contributed by atoms with Crippen molar-refractivity contribution >= 4 is 0 Å². The van der Waals surface area contributed by atoms with E-state index in [1.54, 1.807) is 18.2 Å². The molecule has 2 nitrogen and oxygen atoms in total. The Hall–Kier alpha value is -1.02. The molecule has 0 amide bonds. The number of hydrogen-bond donors (Lipinski definition) is 1. The van der Waals surface area contributed by atoms with Crippen LogP contribution < -0.4 is 10.1 Å². The predicted molar refractivity (Wildman–Crippen MR) is 78.8 cm³/mol. The standard InChI is InChI=1S/C17H25NO/c1-17(11-6-12-18-17)16-14-8-5-3-4-7-13(14)9-10-15(16)19-2/h9-10,18H,3-8,11-12H2,1-2H3.